The summed E-state index contributed by atoms with van der Waals surface area (Å²) in [6.45, 7) is 2.01. The fourth-order valence-electron chi connectivity index (χ4n) is 3.17. The minimum absolute atomic E-state index is 0.117. The van der Waals surface area contributed by atoms with Gasteiger partial charge in [-0.2, -0.15) is 12.6 Å². The Morgan fingerprint density at radius 3 is 2.26 bits per heavy atom. The Bertz CT molecular complexity index is 351. The summed E-state index contributed by atoms with van der Waals surface area (Å²) in [6.07, 6.45) is 7.26. The molecule has 1 saturated carbocycles. The minimum Gasteiger partial charge on any atom is -0.336 e. The molecule has 0 aromatic rings. The average Bonchev–Trinajstić information content (AvgIpc) is 2.66. The van der Waals surface area contributed by atoms with Crippen molar-refractivity contribution in [3.8, 4) is 0 Å². The Morgan fingerprint density at radius 2 is 1.68 bits per heavy atom. The highest BCUT2D eigenvalue weighted by Gasteiger charge is 2.37. The minimum atomic E-state index is -0.366. The smallest absolute Gasteiger partial charge is 0.312 e. The number of hydrogen-bond donors (Lipinski definition) is 1. The molecule has 0 unspecified atom stereocenters. The third-order valence-electron chi connectivity index (χ3n) is 4.55. The van der Waals surface area contributed by atoms with Crippen LogP contribution in [0, 0.1) is 5.41 Å². The van der Waals surface area contributed by atoms with Gasteiger partial charge < -0.3 is 9.80 Å². The van der Waals surface area contributed by atoms with Crippen molar-refractivity contribution in [2.45, 2.75) is 38.5 Å². The third-order valence-corrected chi connectivity index (χ3v) is 5.22. The topological polar surface area (TPSA) is 40.6 Å². The van der Waals surface area contributed by atoms with Crippen molar-refractivity contribution in [3.05, 3.63) is 0 Å². The normalized spacial score (nSPS) is 24.5. The first kappa shape index (κ1) is 14.7. The van der Waals surface area contributed by atoms with Crippen LogP contribution in [0.4, 0.5) is 0 Å². The molecule has 1 aliphatic heterocycles. The van der Waals surface area contributed by atoms with Gasteiger partial charge in [-0.05, 0) is 24.0 Å². The van der Waals surface area contributed by atoms with E-state index in [-0.39, 0.29) is 17.2 Å². The van der Waals surface area contributed by atoms with Crippen LogP contribution in [0.5, 0.6) is 0 Å². The monoisotopic (exact) mass is 284 g/mol. The summed E-state index contributed by atoms with van der Waals surface area (Å²) in [6, 6.07) is 0. The van der Waals surface area contributed by atoms with Crippen molar-refractivity contribution in [1.29, 1.82) is 0 Å². The summed E-state index contributed by atoms with van der Waals surface area (Å²) in [7, 11) is 1.69. The SMILES string of the molecule is CN1CCN(CC2(CS)CCCCCC2)C(=O)C1=O. The average molecular weight is 284 g/mol. The standard InChI is InChI=1S/C14H24N2O2S/c1-15-8-9-16(13(18)12(15)17)10-14(11-19)6-4-2-3-5-7-14/h19H,2-11H2,1H3. The van der Waals surface area contributed by atoms with E-state index in [1.54, 1.807) is 11.9 Å². The molecule has 2 fully saturated rings. The molecule has 4 nitrogen and oxygen atoms in total. The third kappa shape index (κ3) is 3.25. The molecule has 0 atom stereocenters. The van der Waals surface area contributed by atoms with Crippen LogP contribution in [-0.2, 0) is 9.59 Å². The highest BCUT2D eigenvalue weighted by atomic mass is 32.1. The molecule has 0 N–H and O–H groups in total. The largest absolute Gasteiger partial charge is 0.336 e. The molecule has 1 saturated heterocycles. The van der Waals surface area contributed by atoms with Crippen molar-refractivity contribution in [2.75, 3.05) is 32.4 Å². The number of likely N-dealkylation sites (N-methyl/N-ethyl adjacent to an activating group) is 1. The van der Waals surface area contributed by atoms with E-state index in [4.69, 9.17) is 0 Å². The number of hydrogen-bond acceptors (Lipinski definition) is 3. The van der Waals surface area contributed by atoms with Gasteiger partial charge in [-0.25, -0.2) is 0 Å². The zero-order chi connectivity index (χ0) is 13.9. The molecule has 0 spiro atoms. The Morgan fingerprint density at radius 1 is 1.05 bits per heavy atom. The zero-order valence-corrected chi connectivity index (χ0v) is 12.6. The van der Waals surface area contributed by atoms with Crippen LogP contribution < -0.4 is 0 Å². The molecule has 0 aromatic carbocycles. The van der Waals surface area contributed by atoms with Crippen molar-refractivity contribution in [1.82, 2.24) is 9.80 Å². The predicted molar refractivity (Wildman–Crippen MR) is 78.2 cm³/mol. The van der Waals surface area contributed by atoms with Gasteiger partial charge in [0.05, 0.1) is 0 Å². The number of amides is 2. The number of rotatable bonds is 3. The van der Waals surface area contributed by atoms with Gasteiger partial charge >= 0.3 is 11.8 Å². The second kappa shape index (κ2) is 6.16. The van der Waals surface area contributed by atoms with E-state index in [0.29, 0.717) is 19.6 Å². The van der Waals surface area contributed by atoms with E-state index in [2.05, 4.69) is 12.6 Å². The molecule has 2 amide bonds. The Labute approximate surface area is 120 Å². The number of piperazine rings is 1. The van der Waals surface area contributed by atoms with Crippen LogP contribution in [-0.4, -0.2) is 54.0 Å². The fraction of sp³-hybridized carbons (Fsp3) is 0.857. The van der Waals surface area contributed by atoms with Crippen molar-refractivity contribution in [2.24, 2.45) is 5.41 Å². The summed E-state index contributed by atoms with van der Waals surface area (Å²) < 4.78 is 0. The maximum atomic E-state index is 12.1. The first-order chi connectivity index (χ1) is 9.08. The molecule has 0 radical (unpaired) electrons. The number of carbonyl (C=O) groups is 2. The molecule has 0 bridgehead atoms. The number of nitrogens with zero attached hydrogens (tertiary/aromatic N) is 2. The second-order valence-electron chi connectivity index (χ2n) is 6.03. The van der Waals surface area contributed by atoms with Gasteiger partial charge in [-0.15, -0.1) is 0 Å². The molecule has 0 aromatic heterocycles. The predicted octanol–water partition coefficient (Wildman–Crippen LogP) is 1.56. The van der Waals surface area contributed by atoms with Crippen LogP contribution in [0.1, 0.15) is 38.5 Å². The van der Waals surface area contributed by atoms with E-state index in [9.17, 15) is 9.59 Å². The molecule has 5 heteroatoms. The first-order valence-electron chi connectivity index (χ1n) is 7.23. The fourth-order valence-corrected chi connectivity index (χ4v) is 3.59. The van der Waals surface area contributed by atoms with Crippen LogP contribution in [0.15, 0.2) is 0 Å². The highest BCUT2D eigenvalue weighted by Crippen LogP contribution is 2.37. The lowest BCUT2D eigenvalue weighted by atomic mass is 9.81. The van der Waals surface area contributed by atoms with Gasteiger partial charge in [0.1, 0.15) is 0 Å². The van der Waals surface area contributed by atoms with Gasteiger partial charge in [0.25, 0.3) is 0 Å². The highest BCUT2D eigenvalue weighted by molar-refractivity contribution is 7.80. The van der Waals surface area contributed by atoms with E-state index in [1.807, 2.05) is 0 Å². The van der Waals surface area contributed by atoms with Crippen molar-refractivity contribution < 1.29 is 9.59 Å². The summed E-state index contributed by atoms with van der Waals surface area (Å²) in [5.74, 6) is 0.106. The van der Waals surface area contributed by atoms with Crippen LogP contribution in [0.3, 0.4) is 0 Å². The van der Waals surface area contributed by atoms with Crippen LogP contribution in [0.25, 0.3) is 0 Å². The molecule has 19 heavy (non-hydrogen) atoms. The summed E-state index contributed by atoms with van der Waals surface area (Å²) in [5.41, 5.74) is 0.117. The Balaban J connectivity index is 2.05. The van der Waals surface area contributed by atoms with Gasteiger partial charge in [-0.3, -0.25) is 9.59 Å². The van der Waals surface area contributed by atoms with Crippen molar-refractivity contribution >= 4 is 24.4 Å². The quantitative estimate of drug-likeness (QED) is 0.485. The molecule has 2 aliphatic rings. The molecule has 108 valence electrons. The maximum absolute atomic E-state index is 12.1. The zero-order valence-electron chi connectivity index (χ0n) is 11.7. The summed E-state index contributed by atoms with van der Waals surface area (Å²) in [4.78, 5) is 27.1. The number of carbonyl (C=O) groups excluding carboxylic acids is 2. The molecule has 1 heterocycles. The lowest BCUT2D eigenvalue weighted by Crippen LogP contribution is -2.55. The van der Waals surface area contributed by atoms with E-state index >= 15 is 0 Å². The molecule has 2 rings (SSSR count). The number of thiol groups is 1. The van der Waals surface area contributed by atoms with Gasteiger partial charge in [0, 0.05) is 26.7 Å². The lowest BCUT2D eigenvalue weighted by molar-refractivity contribution is -0.156. The van der Waals surface area contributed by atoms with Crippen LogP contribution in [0.2, 0.25) is 0 Å². The molecular weight excluding hydrogens is 260 g/mol. The van der Waals surface area contributed by atoms with Gasteiger partial charge in [-0.1, -0.05) is 25.7 Å². The van der Waals surface area contributed by atoms with E-state index < -0.39 is 0 Å². The lowest BCUT2D eigenvalue weighted by Gasteiger charge is -2.39. The van der Waals surface area contributed by atoms with E-state index in [0.717, 1.165) is 18.6 Å². The molecular formula is C14H24N2O2S. The first-order valence-corrected chi connectivity index (χ1v) is 7.86. The molecule has 1 aliphatic carbocycles. The van der Waals surface area contributed by atoms with Gasteiger partial charge in [0.2, 0.25) is 0 Å². The van der Waals surface area contributed by atoms with E-state index in [1.165, 1.54) is 30.6 Å². The van der Waals surface area contributed by atoms with Crippen molar-refractivity contribution in [3.63, 3.8) is 0 Å². The van der Waals surface area contributed by atoms with Crippen LogP contribution >= 0.6 is 12.6 Å². The summed E-state index contributed by atoms with van der Waals surface area (Å²) >= 11 is 4.53. The maximum Gasteiger partial charge on any atom is 0.312 e. The Hall–Kier alpha value is -0.710. The Kier molecular flexibility index (Phi) is 4.76. The second-order valence-corrected chi connectivity index (χ2v) is 6.34. The summed E-state index contributed by atoms with van der Waals surface area (Å²) in [5, 5.41) is 0. The van der Waals surface area contributed by atoms with Gasteiger partial charge in [0.15, 0.2) is 0 Å².